The van der Waals surface area contributed by atoms with E-state index in [1.807, 2.05) is 0 Å². The van der Waals surface area contributed by atoms with Crippen LogP contribution in [-0.2, 0) is 9.59 Å². The maximum atomic E-state index is 11.5. The molecule has 0 aliphatic rings. The van der Waals surface area contributed by atoms with Gasteiger partial charge in [0.2, 0.25) is 5.91 Å². The van der Waals surface area contributed by atoms with Crippen molar-refractivity contribution < 1.29 is 23.9 Å². The number of nitrogens with two attached hydrogens (primary N) is 1. The monoisotopic (exact) mass is 240 g/mol. The van der Waals surface area contributed by atoms with Crippen molar-refractivity contribution in [3.05, 3.63) is 23.7 Å². The number of nitrogens with one attached hydrogen (secondary N) is 1. The van der Waals surface area contributed by atoms with E-state index >= 15 is 0 Å². The van der Waals surface area contributed by atoms with E-state index in [-0.39, 0.29) is 5.76 Å². The topological polar surface area (TPSA) is 123 Å². The van der Waals surface area contributed by atoms with Gasteiger partial charge in [-0.1, -0.05) is 0 Å². The molecule has 0 saturated carbocycles. The first kappa shape index (κ1) is 12.8. The summed E-state index contributed by atoms with van der Waals surface area (Å²) in [7, 11) is 0. The summed E-state index contributed by atoms with van der Waals surface area (Å²) in [6.45, 7) is 1.65. The zero-order valence-corrected chi connectivity index (χ0v) is 9.10. The van der Waals surface area contributed by atoms with Gasteiger partial charge in [0.25, 0.3) is 5.91 Å². The number of carboxylic acids is 1. The second-order valence-corrected chi connectivity index (χ2v) is 3.45. The van der Waals surface area contributed by atoms with Crippen LogP contribution < -0.4 is 11.1 Å². The summed E-state index contributed by atoms with van der Waals surface area (Å²) in [6, 6.07) is 1.62. The Labute approximate surface area is 96.6 Å². The zero-order chi connectivity index (χ0) is 13.0. The molecule has 92 valence electrons. The van der Waals surface area contributed by atoms with E-state index in [0.29, 0.717) is 5.76 Å². The van der Waals surface area contributed by atoms with E-state index in [1.165, 1.54) is 6.07 Å². The minimum Gasteiger partial charge on any atom is -0.480 e. The van der Waals surface area contributed by atoms with Gasteiger partial charge in [0, 0.05) is 0 Å². The molecule has 1 rings (SSSR count). The van der Waals surface area contributed by atoms with Crippen LogP contribution in [0.5, 0.6) is 0 Å². The number of carbonyl (C=O) groups excluding carboxylic acids is 2. The van der Waals surface area contributed by atoms with Crippen molar-refractivity contribution in [3.63, 3.8) is 0 Å². The fourth-order valence-corrected chi connectivity index (χ4v) is 1.19. The molecule has 2 amide bonds. The lowest BCUT2D eigenvalue weighted by molar-refractivity contribution is -0.140. The maximum Gasteiger partial charge on any atom is 0.326 e. The summed E-state index contributed by atoms with van der Waals surface area (Å²) in [5.41, 5.74) is 4.87. The van der Waals surface area contributed by atoms with Crippen molar-refractivity contribution in [3.8, 4) is 0 Å². The summed E-state index contributed by atoms with van der Waals surface area (Å²) in [5, 5.41) is 10.9. The van der Waals surface area contributed by atoms with Gasteiger partial charge in [0.15, 0.2) is 5.76 Å². The van der Waals surface area contributed by atoms with Crippen LogP contribution in [0.15, 0.2) is 16.5 Å². The highest BCUT2D eigenvalue weighted by Gasteiger charge is 2.23. The number of carbonyl (C=O) groups is 3. The normalized spacial score (nSPS) is 11.8. The first-order valence-corrected chi connectivity index (χ1v) is 4.78. The van der Waals surface area contributed by atoms with Crippen molar-refractivity contribution in [1.29, 1.82) is 0 Å². The number of aryl methyl sites for hydroxylation is 1. The summed E-state index contributed by atoms with van der Waals surface area (Å²) >= 11 is 0. The average Bonchev–Trinajstić information content (AvgIpc) is 2.63. The van der Waals surface area contributed by atoms with Crippen molar-refractivity contribution >= 4 is 17.8 Å². The molecular weight excluding hydrogens is 228 g/mol. The number of rotatable bonds is 5. The first-order valence-electron chi connectivity index (χ1n) is 4.78. The van der Waals surface area contributed by atoms with Crippen LogP contribution in [0.4, 0.5) is 0 Å². The molecule has 0 radical (unpaired) electrons. The highest BCUT2D eigenvalue weighted by Crippen LogP contribution is 2.06. The molecule has 7 nitrogen and oxygen atoms in total. The minimum atomic E-state index is -1.36. The van der Waals surface area contributed by atoms with Gasteiger partial charge in [-0.15, -0.1) is 0 Å². The largest absolute Gasteiger partial charge is 0.480 e. The molecule has 0 spiro atoms. The summed E-state index contributed by atoms with van der Waals surface area (Å²) in [6.07, 6.45) is -0.471. The van der Waals surface area contributed by atoms with Gasteiger partial charge in [0.05, 0.1) is 6.42 Å². The Bertz CT molecular complexity index is 451. The van der Waals surface area contributed by atoms with Crippen molar-refractivity contribution in [2.24, 2.45) is 5.73 Å². The number of hydrogen-bond donors (Lipinski definition) is 3. The Balaban J connectivity index is 2.70. The zero-order valence-electron chi connectivity index (χ0n) is 9.10. The molecule has 1 aromatic rings. The molecule has 0 unspecified atom stereocenters. The standard InChI is InChI=1S/C10H12N2O5/c1-5-2-3-7(17-5)9(14)12-6(10(15)16)4-8(11)13/h2-3,6H,4H2,1H3,(H2,11,13)(H,12,14)(H,15,16)/t6-/m1/s1. The Hall–Kier alpha value is -2.31. The molecule has 4 N–H and O–H groups in total. The lowest BCUT2D eigenvalue weighted by Gasteiger charge is -2.11. The van der Waals surface area contributed by atoms with Gasteiger partial charge in [-0.3, -0.25) is 9.59 Å². The number of aliphatic carboxylic acids is 1. The van der Waals surface area contributed by atoms with Crippen molar-refractivity contribution in [1.82, 2.24) is 5.32 Å². The summed E-state index contributed by atoms with van der Waals surface area (Å²) < 4.78 is 5.01. The van der Waals surface area contributed by atoms with Gasteiger partial charge in [-0.25, -0.2) is 4.79 Å². The molecule has 1 aromatic heterocycles. The van der Waals surface area contributed by atoms with Gasteiger partial charge < -0.3 is 20.6 Å². The van der Waals surface area contributed by atoms with Crippen LogP contribution >= 0.6 is 0 Å². The summed E-state index contributed by atoms with van der Waals surface area (Å²) in [5.74, 6) is -2.34. The highest BCUT2D eigenvalue weighted by molar-refractivity contribution is 5.95. The Kier molecular flexibility index (Phi) is 3.86. The lowest BCUT2D eigenvalue weighted by Crippen LogP contribution is -2.43. The predicted molar refractivity (Wildman–Crippen MR) is 56.1 cm³/mol. The molecule has 0 fully saturated rings. The van der Waals surface area contributed by atoms with Crippen molar-refractivity contribution in [2.75, 3.05) is 0 Å². The van der Waals surface area contributed by atoms with E-state index in [0.717, 1.165) is 0 Å². The second-order valence-electron chi connectivity index (χ2n) is 3.45. The minimum absolute atomic E-state index is 0.0155. The third kappa shape index (κ3) is 3.63. The smallest absolute Gasteiger partial charge is 0.326 e. The lowest BCUT2D eigenvalue weighted by atomic mass is 10.2. The van der Waals surface area contributed by atoms with E-state index in [1.54, 1.807) is 13.0 Å². The number of hydrogen-bond acceptors (Lipinski definition) is 4. The third-order valence-corrected chi connectivity index (χ3v) is 1.97. The Morgan fingerprint density at radius 1 is 1.47 bits per heavy atom. The molecule has 7 heteroatoms. The van der Waals surface area contributed by atoms with Gasteiger partial charge in [0.1, 0.15) is 11.8 Å². The van der Waals surface area contributed by atoms with E-state index in [4.69, 9.17) is 15.3 Å². The molecular formula is C10H12N2O5. The molecule has 0 saturated heterocycles. The fraction of sp³-hybridized carbons (Fsp3) is 0.300. The predicted octanol–water partition coefficient (Wildman–Crippen LogP) is -0.354. The number of primary amides is 1. The van der Waals surface area contributed by atoms with Crippen LogP contribution in [0.1, 0.15) is 22.7 Å². The third-order valence-electron chi connectivity index (χ3n) is 1.97. The van der Waals surface area contributed by atoms with E-state index in [9.17, 15) is 14.4 Å². The quantitative estimate of drug-likeness (QED) is 0.649. The van der Waals surface area contributed by atoms with Crippen LogP contribution in [0.2, 0.25) is 0 Å². The average molecular weight is 240 g/mol. The molecule has 17 heavy (non-hydrogen) atoms. The molecule has 1 atom stereocenters. The Morgan fingerprint density at radius 3 is 2.53 bits per heavy atom. The maximum absolute atomic E-state index is 11.5. The van der Waals surface area contributed by atoms with Crippen LogP contribution in [0.25, 0.3) is 0 Å². The van der Waals surface area contributed by atoms with Crippen LogP contribution in [-0.4, -0.2) is 28.9 Å². The molecule has 0 bridgehead atoms. The number of amides is 2. The summed E-state index contributed by atoms with van der Waals surface area (Å²) in [4.78, 5) is 32.9. The van der Waals surface area contributed by atoms with Crippen LogP contribution in [0, 0.1) is 6.92 Å². The molecule has 0 aromatic carbocycles. The highest BCUT2D eigenvalue weighted by atomic mass is 16.4. The van der Waals surface area contributed by atoms with Crippen molar-refractivity contribution in [2.45, 2.75) is 19.4 Å². The second kappa shape index (κ2) is 5.15. The van der Waals surface area contributed by atoms with Crippen LogP contribution in [0.3, 0.4) is 0 Å². The molecule has 0 aliphatic heterocycles. The molecule has 1 heterocycles. The fourth-order valence-electron chi connectivity index (χ4n) is 1.19. The van der Waals surface area contributed by atoms with Gasteiger partial charge in [-0.05, 0) is 19.1 Å². The molecule has 0 aliphatic carbocycles. The Morgan fingerprint density at radius 2 is 2.12 bits per heavy atom. The van der Waals surface area contributed by atoms with E-state index < -0.39 is 30.2 Å². The SMILES string of the molecule is Cc1ccc(C(=O)N[C@H](CC(N)=O)C(=O)O)o1. The van der Waals surface area contributed by atoms with E-state index in [2.05, 4.69) is 5.32 Å². The number of furan rings is 1. The van der Waals surface area contributed by atoms with Gasteiger partial charge in [-0.2, -0.15) is 0 Å². The first-order chi connectivity index (χ1) is 7.90. The number of carboxylic acid groups (broad SMARTS) is 1. The van der Waals surface area contributed by atoms with Gasteiger partial charge >= 0.3 is 5.97 Å².